The first-order chi connectivity index (χ1) is 8.51. The van der Waals surface area contributed by atoms with Crippen LogP contribution in [0.5, 0.6) is 5.75 Å². The molecule has 0 saturated carbocycles. The average molecular weight is 286 g/mol. The minimum Gasteiger partial charge on any atom is -0.495 e. The summed E-state index contributed by atoms with van der Waals surface area (Å²) >= 11 is 11.9. The Hall–Kier alpha value is -1.52. The summed E-state index contributed by atoms with van der Waals surface area (Å²) < 4.78 is 9.98. The molecule has 0 atom stereocenters. The maximum atomic E-state index is 11.4. The van der Waals surface area contributed by atoms with Gasteiger partial charge in [0.05, 0.1) is 12.1 Å². The van der Waals surface area contributed by atoms with E-state index in [1.54, 1.807) is 19.1 Å². The van der Waals surface area contributed by atoms with Crippen molar-refractivity contribution in [1.29, 1.82) is 0 Å². The molecule has 0 aliphatic carbocycles. The summed E-state index contributed by atoms with van der Waals surface area (Å²) in [7, 11) is 1.48. The highest BCUT2D eigenvalue weighted by Gasteiger charge is 2.20. The number of carbonyl (C=O) groups excluding carboxylic acids is 1. The first-order valence-corrected chi connectivity index (χ1v) is 5.79. The van der Waals surface area contributed by atoms with Gasteiger partial charge in [-0.3, -0.25) is 0 Å². The van der Waals surface area contributed by atoms with Crippen molar-refractivity contribution < 1.29 is 14.3 Å². The number of halogens is 2. The summed E-state index contributed by atoms with van der Waals surface area (Å²) in [5, 5.41) is 0.809. The van der Waals surface area contributed by atoms with Crippen molar-refractivity contribution >= 4 is 41.1 Å². The van der Waals surface area contributed by atoms with Crippen molar-refractivity contribution in [1.82, 2.24) is 0 Å². The van der Waals surface area contributed by atoms with Crippen molar-refractivity contribution in [3.63, 3.8) is 0 Å². The molecule has 1 aliphatic rings. The van der Waals surface area contributed by atoms with E-state index in [1.165, 1.54) is 13.2 Å². The molecule has 1 aromatic rings. The van der Waals surface area contributed by atoms with Gasteiger partial charge in [-0.25, -0.2) is 9.79 Å². The molecule has 0 radical (unpaired) electrons. The molecule has 0 spiro atoms. The van der Waals surface area contributed by atoms with Crippen LogP contribution in [0, 0.1) is 0 Å². The number of nitrogens with zero attached hydrogens (tertiary/aromatic N) is 1. The topological polar surface area (TPSA) is 47.9 Å². The SMILES string of the molecule is COc1c(Cl)cc(Cl)cc1C=C1N=C(C)OC1=O. The second kappa shape index (κ2) is 5.00. The van der Waals surface area contributed by atoms with E-state index in [0.29, 0.717) is 27.3 Å². The fraction of sp³-hybridized carbons (Fsp3) is 0.167. The maximum Gasteiger partial charge on any atom is 0.363 e. The highest BCUT2D eigenvalue weighted by molar-refractivity contribution is 6.36. The van der Waals surface area contributed by atoms with Crippen molar-refractivity contribution in [2.45, 2.75) is 6.92 Å². The molecular formula is C12H9Cl2NO3. The molecule has 0 amide bonds. The normalized spacial score (nSPS) is 16.8. The van der Waals surface area contributed by atoms with E-state index in [-0.39, 0.29) is 5.70 Å². The second-order valence-corrected chi connectivity index (χ2v) is 4.40. The van der Waals surface area contributed by atoms with Crippen LogP contribution < -0.4 is 4.74 Å². The zero-order chi connectivity index (χ0) is 13.3. The first-order valence-electron chi connectivity index (χ1n) is 5.03. The smallest absolute Gasteiger partial charge is 0.363 e. The molecule has 0 fully saturated rings. The van der Waals surface area contributed by atoms with Gasteiger partial charge in [-0.15, -0.1) is 0 Å². The van der Waals surface area contributed by atoms with Gasteiger partial charge in [0.2, 0.25) is 0 Å². The third kappa shape index (κ3) is 2.49. The van der Waals surface area contributed by atoms with E-state index >= 15 is 0 Å². The van der Waals surface area contributed by atoms with Crippen molar-refractivity contribution in [2.75, 3.05) is 7.11 Å². The van der Waals surface area contributed by atoms with Gasteiger partial charge in [0.25, 0.3) is 0 Å². The Morgan fingerprint density at radius 2 is 2.11 bits per heavy atom. The molecular weight excluding hydrogens is 277 g/mol. The first kappa shape index (κ1) is 12.9. The zero-order valence-electron chi connectivity index (χ0n) is 9.66. The molecule has 4 nitrogen and oxygen atoms in total. The maximum absolute atomic E-state index is 11.4. The van der Waals surface area contributed by atoms with Gasteiger partial charge < -0.3 is 9.47 Å². The highest BCUT2D eigenvalue weighted by Crippen LogP contribution is 2.34. The van der Waals surface area contributed by atoms with Crippen LogP contribution in [0.1, 0.15) is 12.5 Å². The Balaban J connectivity index is 2.52. The van der Waals surface area contributed by atoms with Gasteiger partial charge in [0, 0.05) is 17.5 Å². The lowest BCUT2D eigenvalue weighted by atomic mass is 10.1. The van der Waals surface area contributed by atoms with Gasteiger partial charge in [0.15, 0.2) is 11.6 Å². The number of methoxy groups -OCH3 is 1. The fourth-order valence-electron chi connectivity index (χ4n) is 1.57. The number of carbonyl (C=O) groups is 1. The molecule has 94 valence electrons. The molecule has 1 aliphatic heterocycles. The lowest BCUT2D eigenvalue weighted by Crippen LogP contribution is -2.00. The monoisotopic (exact) mass is 285 g/mol. The Morgan fingerprint density at radius 3 is 2.67 bits per heavy atom. The molecule has 0 bridgehead atoms. The summed E-state index contributed by atoms with van der Waals surface area (Å²) in [6.45, 7) is 1.60. The highest BCUT2D eigenvalue weighted by atomic mass is 35.5. The number of esters is 1. The zero-order valence-corrected chi connectivity index (χ0v) is 11.2. The lowest BCUT2D eigenvalue weighted by molar-refractivity contribution is -0.130. The predicted molar refractivity (Wildman–Crippen MR) is 70.2 cm³/mol. The molecule has 6 heteroatoms. The van der Waals surface area contributed by atoms with Gasteiger partial charge in [0.1, 0.15) is 5.75 Å². The van der Waals surface area contributed by atoms with Gasteiger partial charge in [-0.1, -0.05) is 23.2 Å². The van der Waals surface area contributed by atoms with Crippen LogP contribution in [0.4, 0.5) is 0 Å². The van der Waals surface area contributed by atoms with Crippen LogP contribution in [0.25, 0.3) is 6.08 Å². The van der Waals surface area contributed by atoms with Crippen LogP contribution in [-0.2, 0) is 9.53 Å². The predicted octanol–water partition coefficient (Wildman–Crippen LogP) is 3.32. The molecule has 1 aromatic carbocycles. The Morgan fingerprint density at radius 1 is 1.39 bits per heavy atom. The summed E-state index contributed by atoms with van der Waals surface area (Å²) in [4.78, 5) is 15.4. The van der Waals surface area contributed by atoms with E-state index in [0.717, 1.165) is 0 Å². The Bertz CT molecular complexity index is 579. The standard InChI is InChI=1S/C12H9Cl2NO3/c1-6-15-10(12(16)18-6)4-7-3-8(13)5-9(14)11(7)17-2/h3-5H,1-2H3. The van der Waals surface area contributed by atoms with Crippen LogP contribution in [-0.4, -0.2) is 19.0 Å². The van der Waals surface area contributed by atoms with Crippen molar-refractivity contribution in [3.8, 4) is 5.75 Å². The molecule has 0 N–H and O–H groups in total. The minimum absolute atomic E-state index is 0.184. The molecule has 18 heavy (non-hydrogen) atoms. The van der Waals surface area contributed by atoms with E-state index < -0.39 is 5.97 Å². The van der Waals surface area contributed by atoms with E-state index in [2.05, 4.69) is 4.99 Å². The minimum atomic E-state index is -0.509. The fourth-order valence-corrected chi connectivity index (χ4v) is 2.15. The number of hydrogen-bond acceptors (Lipinski definition) is 4. The molecule has 0 saturated heterocycles. The van der Waals surface area contributed by atoms with Gasteiger partial charge >= 0.3 is 5.97 Å². The Labute approximate surface area is 114 Å². The van der Waals surface area contributed by atoms with Gasteiger partial charge in [-0.05, 0) is 18.2 Å². The number of rotatable bonds is 2. The van der Waals surface area contributed by atoms with E-state index in [1.807, 2.05) is 0 Å². The quantitative estimate of drug-likeness (QED) is 0.619. The van der Waals surface area contributed by atoms with E-state index in [4.69, 9.17) is 32.7 Å². The Kier molecular flexibility index (Phi) is 3.59. The van der Waals surface area contributed by atoms with Gasteiger partial charge in [-0.2, -0.15) is 0 Å². The largest absolute Gasteiger partial charge is 0.495 e. The number of hydrogen-bond donors (Lipinski definition) is 0. The van der Waals surface area contributed by atoms with Crippen LogP contribution >= 0.6 is 23.2 Å². The number of aliphatic imine (C=N–C) groups is 1. The molecule has 0 unspecified atom stereocenters. The van der Waals surface area contributed by atoms with Crippen molar-refractivity contribution in [3.05, 3.63) is 33.4 Å². The second-order valence-electron chi connectivity index (χ2n) is 3.56. The average Bonchev–Trinajstić information content (AvgIpc) is 2.57. The third-order valence-corrected chi connectivity index (χ3v) is 2.76. The van der Waals surface area contributed by atoms with E-state index in [9.17, 15) is 4.79 Å². The summed E-state index contributed by atoms with van der Waals surface area (Å²) in [6.07, 6.45) is 1.52. The number of ether oxygens (including phenoxy) is 2. The molecule has 0 aromatic heterocycles. The van der Waals surface area contributed by atoms with Crippen molar-refractivity contribution in [2.24, 2.45) is 4.99 Å². The third-order valence-electron chi connectivity index (χ3n) is 2.26. The summed E-state index contributed by atoms with van der Waals surface area (Å²) in [5.41, 5.74) is 0.754. The van der Waals surface area contributed by atoms with Crippen LogP contribution in [0.2, 0.25) is 10.0 Å². The number of cyclic esters (lactones) is 1. The summed E-state index contributed by atoms with van der Waals surface area (Å²) in [6, 6.07) is 3.20. The summed E-state index contributed by atoms with van der Waals surface area (Å²) in [5.74, 6) is 0.227. The van der Waals surface area contributed by atoms with Crippen LogP contribution in [0.3, 0.4) is 0 Å². The number of benzene rings is 1. The molecule has 2 rings (SSSR count). The van der Waals surface area contributed by atoms with Crippen LogP contribution in [0.15, 0.2) is 22.8 Å². The lowest BCUT2D eigenvalue weighted by Gasteiger charge is -2.07. The molecule has 1 heterocycles.